The first kappa shape index (κ1) is 20.6. The molecule has 0 radical (unpaired) electrons. The molecule has 7 heteroatoms. The van der Waals surface area contributed by atoms with Crippen molar-refractivity contribution in [2.45, 2.75) is 11.8 Å². The summed E-state index contributed by atoms with van der Waals surface area (Å²) in [4.78, 5) is 0.0820. The summed E-state index contributed by atoms with van der Waals surface area (Å²) in [5, 5.41) is 22.6. The van der Waals surface area contributed by atoms with Crippen LogP contribution in [0.5, 0.6) is 17.2 Å². The van der Waals surface area contributed by atoms with Gasteiger partial charge in [-0.15, -0.1) is 0 Å². The Kier molecular flexibility index (Phi) is 5.44. The molecule has 0 spiro atoms. The first-order chi connectivity index (χ1) is 14.9. The second-order valence-electron chi connectivity index (χ2n) is 6.92. The molecule has 158 valence electrons. The molecule has 4 aromatic carbocycles. The molecule has 0 unspecified atom stereocenters. The lowest BCUT2D eigenvalue weighted by atomic mass is 9.96. The largest absolute Gasteiger partial charge is 0.507 e. The van der Waals surface area contributed by atoms with Crippen LogP contribution < -0.4 is 9.46 Å². The van der Waals surface area contributed by atoms with Crippen molar-refractivity contribution in [1.29, 1.82) is 0 Å². The zero-order valence-electron chi connectivity index (χ0n) is 16.7. The number of phenolic OH excluding ortho intramolecular Hbond substituents is 2. The van der Waals surface area contributed by atoms with Crippen LogP contribution in [0.25, 0.3) is 21.9 Å². The van der Waals surface area contributed by atoms with Gasteiger partial charge in [0.1, 0.15) is 17.2 Å². The molecular formula is C24H21NO5S. The molecule has 0 aliphatic carbocycles. The van der Waals surface area contributed by atoms with E-state index in [9.17, 15) is 18.6 Å². The standard InChI is InChI=1S/C24H21NO5S/c1-2-30-18-9-11-19(12-10-18)31(28,29)25-17-8-14-22(26)21(15-17)24-20-6-4-3-5-16(20)7-13-23(24)27/h3-15,25-27H,2H2,1H3. The number of rotatable bonds is 6. The molecular weight excluding hydrogens is 414 g/mol. The smallest absolute Gasteiger partial charge is 0.261 e. The van der Waals surface area contributed by atoms with Gasteiger partial charge in [-0.25, -0.2) is 8.42 Å². The first-order valence-electron chi connectivity index (χ1n) is 9.69. The maximum absolute atomic E-state index is 12.8. The third kappa shape index (κ3) is 4.13. The number of hydrogen-bond donors (Lipinski definition) is 3. The van der Waals surface area contributed by atoms with Gasteiger partial charge >= 0.3 is 0 Å². The highest BCUT2D eigenvalue weighted by atomic mass is 32.2. The van der Waals surface area contributed by atoms with Crippen molar-refractivity contribution < 1.29 is 23.4 Å². The molecule has 0 heterocycles. The lowest BCUT2D eigenvalue weighted by molar-refractivity contribution is 0.340. The van der Waals surface area contributed by atoms with Crippen LogP contribution in [0.2, 0.25) is 0 Å². The SMILES string of the molecule is CCOc1ccc(S(=O)(=O)Nc2ccc(O)c(-c3c(O)ccc4ccccc34)c2)cc1. The fraction of sp³-hybridized carbons (Fsp3) is 0.0833. The maximum Gasteiger partial charge on any atom is 0.261 e. The van der Waals surface area contributed by atoms with E-state index in [1.54, 1.807) is 24.3 Å². The number of fused-ring (bicyclic) bond motifs is 1. The second kappa shape index (κ2) is 8.20. The van der Waals surface area contributed by atoms with Gasteiger partial charge in [-0.2, -0.15) is 0 Å². The summed E-state index contributed by atoms with van der Waals surface area (Å²) in [7, 11) is -3.86. The molecule has 4 aromatic rings. The minimum absolute atomic E-state index is 0.0134. The fourth-order valence-corrected chi connectivity index (χ4v) is 4.49. The number of anilines is 1. The summed E-state index contributed by atoms with van der Waals surface area (Å²) >= 11 is 0. The molecule has 0 amide bonds. The summed E-state index contributed by atoms with van der Waals surface area (Å²) in [6.45, 7) is 2.34. The number of benzene rings is 4. The van der Waals surface area contributed by atoms with Gasteiger partial charge in [0.25, 0.3) is 10.0 Å². The maximum atomic E-state index is 12.8. The van der Waals surface area contributed by atoms with Crippen LogP contribution in [-0.2, 0) is 10.0 Å². The van der Waals surface area contributed by atoms with E-state index in [2.05, 4.69) is 4.72 Å². The molecule has 0 aliphatic heterocycles. The molecule has 6 nitrogen and oxygen atoms in total. The summed E-state index contributed by atoms with van der Waals surface area (Å²) in [6.07, 6.45) is 0. The van der Waals surface area contributed by atoms with Crippen molar-refractivity contribution in [2.24, 2.45) is 0 Å². The van der Waals surface area contributed by atoms with Crippen molar-refractivity contribution in [3.8, 4) is 28.4 Å². The van der Waals surface area contributed by atoms with E-state index in [1.165, 1.54) is 30.3 Å². The zero-order valence-corrected chi connectivity index (χ0v) is 17.6. The predicted molar refractivity (Wildman–Crippen MR) is 121 cm³/mol. The van der Waals surface area contributed by atoms with E-state index in [1.807, 2.05) is 31.2 Å². The number of ether oxygens (including phenoxy) is 1. The van der Waals surface area contributed by atoms with Gasteiger partial charge in [0.2, 0.25) is 0 Å². The zero-order chi connectivity index (χ0) is 22.0. The van der Waals surface area contributed by atoms with E-state index in [4.69, 9.17) is 4.74 Å². The van der Waals surface area contributed by atoms with Crippen molar-refractivity contribution in [1.82, 2.24) is 0 Å². The molecule has 4 rings (SSSR count). The predicted octanol–water partition coefficient (Wildman–Crippen LogP) is 5.12. The van der Waals surface area contributed by atoms with Crippen LogP contribution in [0.1, 0.15) is 6.92 Å². The Morgan fingerprint density at radius 3 is 2.32 bits per heavy atom. The number of nitrogens with one attached hydrogen (secondary N) is 1. The van der Waals surface area contributed by atoms with E-state index in [0.29, 0.717) is 23.5 Å². The van der Waals surface area contributed by atoms with E-state index >= 15 is 0 Å². The Bertz CT molecular complexity index is 1350. The minimum Gasteiger partial charge on any atom is -0.507 e. The van der Waals surface area contributed by atoms with Crippen LogP contribution in [0, 0.1) is 0 Å². The monoisotopic (exact) mass is 435 g/mol. The Morgan fingerprint density at radius 1 is 0.871 bits per heavy atom. The molecule has 0 aromatic heterocycles. The van der Waals surface area contributed by atoms with Gasteiger partial charge in [0.15, 0.2) is 0 Å². The molecule has 0 saturated carbocycles. The highest BCUT2D eigenvalue weighted by Crippen LogP contribution is 2.41. The molecule has 0 fully saturated rings. The van der Waals surface area contributed by atoms with Gasteiger partial charge in [0, 0.05) is 16.8 Å². The average molecular weight is 436 g/mol. The highest BCUT2D eigenvalue weighted by Gasteiger charge is 2.18. The van der Waals surface area contributed by atoms with E-state index in [-0.39, 0.29) is 22.1 Å². The normalized spacial score (nSPS) is 11.4. The van der Waals surface area contributed by atoms with Gasteiger partial charge in [-0.1, -0.05) is 30.3 Å². The molecule has 0 saturated heterocycles. The van der Waals surface area contributed by atoms with E-state index < -0.39 is 10.0 Å². The molecule has 0 bridgehead atoms. The Balaban J connectivity index is 1.73. The molecule has 31 heavy (non-hydrogen) atoms. The number of aromatic hydroxyl groups is 2. The molecule has 0 atom stereocenters. The number of phenols is 2. The van der Waals surface area contributed by atoms with Gasteiger partial charge in [0.05, 0.1) is 11.5 Å². The molecule has 0 aliphatic rings. The van der Waals surface area contributed by atoms with Crippen molar-refractivity contribution in [3.63, 3.8) is 0 Å². The van der Waals surface area contributed by atoms with Crippen LogP contribution >= 0.6 is 0 Å². The van der Waals surface area contributed by atoms with Crippen LogP contribution in [0.3, 0.4) is 0 Å². The van der Waals surface area contributed by atoms with Crippen molar-refractivity contribution in [3.05, 3.63) is 78.9 Å². The van der Waals surface area contributed by atoms with Crippen LogP contribution in [-0.4, -0.2) is 25.2 Å². The summed E-state index contributed by atoms with van der Waals surface area (Å²) in [6, 6.07) is 21.2. The summed E-state index contributed by atoms with van der Waals surface area (Å²) < 4.78 is 33.5. The fourth-order valence-electron chi connectivity index (χ4n) is 3.44. The Hall–Kier alpha value is -3.71. The van der Waals surface area contributed by atoms with Crippen molar-refractivity contribution >= 4 is 26.5 Å². The highest BCUT2D eigenvalue weighted by molar-refractivity contribution is 7.92. The van der Waals surface area contributed by atoms with Gasteiger partial charge in [-0.3, -0.25) is 4.72 Å². The topological polar surface area (TPSA) is 95.9 Å². The quantitative estimate of drug-likeness (QED) is 0.366. The molecule has 3 N–H and O–H groups in total. The number of sulfonamides is 1. The van der Waals surface area contributed by atoms with Gasteiger partial charge < -0.3 is 14.9 Å². The average Bonchev–Trinajstić information content (AvgIpc) is 2.76. The van der Waals surface area contributed by atoms with E-state index in [0.717, 1.165) is 10.8 Å². The first-order valence-corrected chi connectivity index (χ1v) is 11.2. The summed E-state index contributed by atoms with van der Waals surface area (Å²) in [5.74, 6) is 0.496. The lowest BCUT2D eigenvalue weighted by Crippen LogP contribution is -2.13. The number of hydrogen-bond acceptors (Lipinski definition) is 5. The lowest BCUT2D eigenvalue weighted by Gasteiger charge is -2.14. The van der Waals surface area contributed by atoms with Crippen LogP contribution in [0.15, 0.2) is 83.8 Å². The third-order valence-electron chi connectivity index (χ3n) is 4.87. The second-order valence-corrected chi connectivity index (χ2v) is 8.61. The van der Waals surface area contributed by atoms with Crippen LogP contribution in [0.4, 0.5) is 5.69 Å². The third-order valence-corrected chi connectivity index (χ3v) is 6.27. The Labute approximate surface area is 180 Å². The van der Waals surface area contributed by atoms with Crippen molar-refractivity contribution in [2.75, 3.05) is 11.3 Å². The van der Waals surface area contributed by atoms with Gasteiger partial charge in [-0.05, 0) is 66.2 Å². The minimum atomic E-state index is -3.86. The summed E-state index contributed by atoms with van der Waals surface area (Å²) in [5.41, 5.74) is 1.01. The Morgan fingerprint density at radius 2 is 1.58 bits per heavy atom.